The second kappa shape index (κ2) is 10.9. The number of likely N-dealkylation sites (tertiary alicyclic amines) is 1. The van der Waals surface area contributed by atoms with Gasteiger partial charge in [0.1, 0.15) is 17.8 Å². The van der Waals surface area contributed by atoms with Gasteiger partial charge in [0.05, 0.1) is 35.3 Å². The van der Waals surface area contributed by atoms with Crippen LogP contribution in [0.5, 0.6) is 5.75 Å². The molecule has 0 spiro atoms. The molecule has 1 fully saturated rings. The van der Waals surface area contributed by atoms with Gasteiger partial charge in [-0.2, -0.15) is 0 Å². The normalized spacial score (nSPS) is 19.4. The van der Waals surface area contributed by atoms with Crippen molar-refractivity contribution in [2.24, 2.45) is 11.0 Å². The van der Waals surface area contributed by atoms with Crippen molar-refractivity contribution in [1.82, 2.24) is 15.2 Å². The Kier molecular flexibility index (Phi) is 8.14. The maximum absolute atomic E-state index is 13.2. The van der Waals surface area contributed by atoms with Crippen molar-refractivity contribution in [2.45, 2.75) is 58.3 Å². The van der Waals surface area contributed by atoms with Crippen LogP contribution in [-0.2, 0) is 9.59 Å². The monoisotopic (exact) mass is 486 g/mol. The number of aliphatic hydroxyl groups excluding tert-OH is 1. The summed E-state index contributed by atoms with van der Waals surface area (Å²) in [4.78, 5) is 35.6. The van der Waals surface area contributed by atoms with Crippen molar-refractivity contribution < 1.29 is 19.4 Å². The average Bonchev–Trinajstić information content (AvgIpc) is 3.41. The molecular formula is C23H30N6O4S. The number of carbonyl (C=O) groups is 2. The first-order chi connectivity index (χ1) is 16.2. The molecule has 1 aliphatic rings. The molecule has 2 aromatic rings. The Bertz CT molecular complexity index is 1100. The Balaban J connectivity index is 1.79. The zero-order chi connectivity index (χ0) is 25.0. The Labute approximate surface area is 202 Å². The Morgan fingerprint density at radius 1 is 1.38 bits per heavy atom. The molecule has 2 heterocycles. The van der Waals surface area contributed by atoms with Crippen molar-refractivity contribution in [2.75, 3.05) is 13.7 Å². The van der Waals surface area contributed by atoms with Crippen LogP contribution in [0.15, 0.2) is 28.8 Å². The molecule has 2 amide bonds. The van der Waals surface area contributed by atoms with Crippen molar-refractivity contribution in [1.29, 1.82) is 0 Å². The van der Waals surface area contributed by atoms with E-state index in [9.17, 15) is 14.7 Å². The lowest BCUT2D eigenvalue weighted by Crippen LogP contribution is -2.50. The molecule has 0 unspecified atom stereocenters. The van der Waals surface area contributed by atoms with Gasteiger partial charge in [0, 0.05) is 23.4 Å². The lowest BCUT2D eigenvalue weighted by molar-refractivity contribution is -0.140. The highest BCUT2D eigenvalue weighted by Crippen LogP contribution is 2.34. The van der Waals surface area contributed by atoms with E-state index in [-0.39, 0.29) is 24.8 Å². The van der Waals surface area contributed by atoms with E-state index in [1.807, 2.05) is 32.0 Å². The standard InChI is InChI=1S/C23H30N6O4S/c1-12(2)20(27-28-24)23(32)29-10-16(30)9-18(29)22(31)26-13(3)17-7-6-15(8-19(17)33-5)21-14(4)25-11-34-21/h6-8,11-13,16,18,20,30H,9-10H2,1-5H3,(H,26,31)/t13-,16+,18-,20-/m0/s1. The van der Waals surface area contributed by atoms with Gasteiger partial charge in [0.2, 0.25) is 11.8 Å². The number of hydrogen-bond donors (Lipinski definition) is 2. The minimum atomic E-state index is -0.939. The lowest BCUT2D eigenvalue weighted by atomic mass is 10.0. The van der Waals surface area contributed by atoms with E-state index in [0.29, 0.717) is 5.75 Å². The molecule has 1 aliphatic heterocycles. The molecule has 10 nitrogen and oxygen atoms in total. The number of aromatic nitrogens is 1. The number of β-amino-alcohol motifs (C(OH)–C–C–N with tert-alkyl or cyclic N) is 1. The molecule has 4 atom stereocenters. The van der Waals surface area contributed by atoms with Crippen LogP contribution in [0.25, 0.3) is 20.9 Å². The molecule has 2 N–H and O–H groups in total. The van der Waals surface area contributed by atoms with Crippen LogP contribution in [0.4, 0.5) is 0 Å². The third kappa shape index (κ3) is 5.32. The predicted molar refractivity (Wildman–Crippen MR) is 129 cm³/mol. The highest BCUT2D eigenvalue weighted by molar-refractivity contribution is 7.13. The van der Waals surface area contributed by atoms with E-state index in [0.717, 1.165) is 21.7 Å². The van der Waals surface area contributed by atoms with E-state index in [1.54, 1.807) is 37.8 Å². The first-order valence-corrected chi connectivity index (χ1v) is 12.0. The number of azide groups is 1. The Morgan fingerprint density at radius 3 is 2.71 bits per heavy atom. The van der Waals surface area contributed by atoms with Gasteiger partial charge in [-0.1, -0.05) is 31.1 Å². The van der Waals surface area contributed by atoms with Crippen LogP contribution in [0.1, 0.15) is 44.5 Å². The minimum Gasteiger partial charge on any atom is -0.496 e. The summed E-state index contributed by atoms with van der Waals surface area (Å²) in [5.41, 5.74) is 13.3. The second-order valence-electron chi connectivity index (χ2n) is 8.74. The molecule has 1 aromatic heterocycles. The second-order valence-corrected chi connectivity index (χ2v) is 9.60. The number of aliphatic hydroxyl groups is 1. The van der Waals surface area contributed by atoms with Crippen LogP contribution in [0, 0.1) is 12.8 Å². The number of methoxy groups -OCH3 is 1. The zero-order valence-corrected chi connectivity index (χ0v) is 20.7. The molecule has 0 radical (unpaired) electrons. The number of ether oxygens (including phenoxy) is 1. The predicted octanol–water partition coefficient (Wildman–Crippen LogP) is 3.60. The molecule has 1 saturated heterocycles. The number of carbonyl (C=O) groups excluding carboxylic acids is 2. The van der Waals surface area contributed by atoms with Gasteiger partial charge in [-0.25, -0.2) is 4.98 Å². The maximum Gasteiger partial charge on any atom is 0.243 e. The summed E-state index contributed by atoms with van der Waals surface area (Å²) >= 11 is 1.55. The zero-order valence-electron chi connectivity index (χ0n) is 19.9. The molecule has 11 heteroatoms. The lowest BCUT2D eigenvalue weighted by Gasteiger charge is -2.29. The summed E-state index contributed by atoms with van der Waals surface area (Å²) in [6.45, 7) is 7.34. The van der Waals surface area contributed by atoms with E-state index in [1.165, 1.54) is 4.90 Å². The van der Waals surface area contributed by atoms with Gasteiger partial charge >= 0.3 is 0 Å². The third-order valence-electron chi connectivity index (χ3n) is 5.99. The molecule has 182 valence electrons. The van der Waals surface area contributed by atoms with Gasteiger partial charge in [-0.3, -0.25) is 9.59 Å². The summed E-state index contributed by atoms with van der Waals surface area (Å²) < 4.78 is 5.60. The summed E-state index contributed by atoms with van der Waals surface area (Å²) in [5, 5.41) is 16.7. The number of benzene rings is 1. The van der Waals surface area contributed by atoms with Crippen LogP contribution in [0.2, 0.25) is 0 Å². The highest BCUT2D eigenvalue weighted by Gasteiger charge is 2.42. The summed E-state index contributed by atoms with van der Waals surface area (Å²) in [6, 6.07) is 3.58. The number of amides is 2. The maximum atomic E-state index is 13.2. The Hall–Kier alpha value is -3.14. The summed E-state index contributed by atoms with van der Waals surface area (Å²) in [5.74, 6) is -0.459. The highest BCUT2D eigenvalue weighted by atomic mass is 32.1. The van der Waals surface area contributed by atoms with Crippen LogP contribution in [-0.4, -0.2) is 58.6 Å². The fourth-order valence-corrected chi connectivity index (χ4v) is 4.98. The quantitative estimate of drug-likeness (QED) is 0.333. The van der Waals surface area contributed by atoms with Gasteiger partial charge in [-0.15, -0.1) is 11.3 Å². The van der Waals surface area contributed by atoms with Crippen molar-refractivity contribution in [3.8, 4) is 16.2 Å². The number of nitrogens with zero attached hydrogens (tertiary/aromatic N) is 5. The average molecular weight is 487 g/mol. The van der Waals surface area contributed by atoms with Crippen LogP contribution in [0.3, 0.4) is 0 Å². The Morgan fingerprint density at radius 2 is 2.12 bits per heavy atom. The fourth-order valence-electron chi connectivity index (χ4n) is 4.18. The summed E-state index contributed by atoms with van der Waals surface area (Å²) in [6.07, 6.45) is -0.711. The number of nitrogens with one attached hydrogen (secondary N) is 1. The molecule has 0 aliphatic carbocycles. The molecule has 3 rings (SSSR count). The molecule has 0 saturated carbocycles. The fraction of sp³-hybridized carbons (Fsp3) is 0.522. The van der Waals surface area contributed by atoms with Gasteiger partial charge in [-0.05, 0) is 36.9 Å². The van der Waals surface area contributed by atoms with Crippen molar-refractivity contribution in [3.05, 3.63) is 45.4 Å². The SMILES string of the molecule is COc1cc(-c2scnc2C)ccc1[C@H](C)NC(=O)[C@@H]1C[C@@H](O)CN1C(=O)[C@@H](N=[N+]=[N-])C(C)C. The molecule has 1 aromatic carbocycles. The van der Waals surface area contributed by atoms with E-state index >= 15 is 0 Å². The van der Waals surface area contributed by atoms with Gasteiger partial charge < -0.3 is 20.1 Å². The first kappa shape index (κ1) is 25.5. The van der Waals surface area contributed by atoms with Crippen LogP contribution >= 0.6 is 11.3 Å². The van der Waals surface area contributed by atoms with Gasteiger partial charge in [0.25, 0.3) is 0 Å². The summed E-state index contributed by atoms with van der Waals surface area (Å²) in [7, 11) is 1.58. The largest absolute Gasteiger partial charge is 0.496 e. The van der Waals surface area contributed by atoms with Gasteiger partial charge in [0.15, 0.2) is 0 Å². The molecule has 34 heavy (non-hydrogen) atoms. The molecular weight excluding hydrogens is 456 g/mol. The minimum absolute atomic E-state index is 0.0156. The smallest absolute Gasteiger partial charge is 0.243 e. The van der Waals surface area contributed by atoms with E-state index in [2.05, 4.69) is 20.3 Å². The topological polar surface area (TPSA) is 141 Å². The number of hydrogen-bond acceptors (Lipinski definition) is 7. The number of rotatable bonds is 8. The third-order valence-corrected chi connectivity index (χ3v) is 6.97. The molecule has 0 bridgehead atoms. The van der Waals surface area contributed by atoms with Crippen molar-refractivity contribution >= 4 is 23.2 Å². The number of thiazole rings is 1. The first-order valence-electron chi connectivity index (χ1n) is 11.1. The van der Waals surface area contributed by atoms with E-state index < -0.39 is 30.1 Å². The number of aryl methyl sites for hydroxylation is 1. The van der Waals surface area contributed by atoms with Crippen LogP contribution < -0.4 is 10.1 Å². The van der Waals surface area contributed by atoms with Crippen molar-refractivity contribution in [3.63, 3.8) is 0 Å². The van der Waals surface area contributed by atoms with E-state index in [4.69, 9.17) is 10.3 Å².